The van der Waals surface area contributed by atoms with Gasteiger partial charge in [0.15, 0.2) is 0 Å². The number of hydrogen-bond acceptors (Lipinski definition) is 5. The lowest BCUT2D eigenvalue weighted by Crippen LogP contribution is -2.55. The molecule has 0 spiro atoms. The molecule has 1 aliphatic heterocycles. The number of ether oxygens (including phenoxy) is 3. The van der Waals surface area contributed by atoms with Gasteiger partial charge in [-0.15, -0.1) is 0 Å². The molecule has 1 aliphatic carbocycles. The Morgan fingerprint density at radius 1 is 1.04 bits per heavy atom. The Balaban J connectivity index is 1.42. The summed E-state index contributed by atoms with van der Waals surface area (Å²) in [7, 11) is 0. The fourth-order valence-corrected chi connectivity index (χ4v) is 3.05. The fourth-order valence-electron chi connectivity index (χ4n) is 2.64. The molecule has 0 aromatic carbocycles. The summed E-state index contributed by atoms with van der Waals surface area (Å²) in [5, 5.41) is 0. The van der Waals surface area contributed by atoms with Crippen LogP contribution in [0.15, 0.2) is 0 Å². The Hall–Kier alpha value is 0.390. The molecule has 24 heavy (non-hydrogen) atoms. The lowest BCUT2D eigenvalue weighted by molar-refractivity contribution is -0.161. The van der Waals surface area contributed by atoms with E-state index in [1.807, 2.05) is 23.0 Å². The van der Waals surface area contributed by atoms with Crippen LogP contribution in [0.5, 0.6) is 0 Å². The van der Waals surface area contributed by atoms with Gasteiger partial charge in [-0.1, -0.05) is 0 Å². The SMILES string of the molecule is CC(C)N1CC(OCC(F)(F)COCCCOC2CC(OI)C2)C1. The Labute approximate surface area is 157 Å². The zero-order chi connectivity index (χ0) is 17.6. The first-order valence-electron chi connectivity index (χ1n) is 8.60. The third-order valence-corrected chi connectivity index (χ3v) is 5.13. The van der Waals surface area contributed by atoms with Crippen molar-refractivity contribution < 1.29 is 26.1 Å². The van der Waals surface area contributed by atoms with Gasteiger partial charge in [0, 0.05) is 45.2 Å². The molecule has 1 saturated carbocycles. The van der Waals surface area contributed by atoms with Crippen LogP contribution in [0.3, 0.4) is 0 Å². The minimum Gasteiger partial charge on any atom is -0.378 e. The summed E-state index contributed by atoms with van der Waals surface area (Å²) in [6.07, 6.45) is 2.91. The van der Waals surface area contributed by atoms with Crippen molar-refractivity contribution in [2.24, 2.45) is 0 Å². The maximum absolute atomic E-state index is 13.7. The van der Waals surface area contributed by atoms with Gasteiger partial charge in [0.2, 0.25) is 0 Å². The molecule has 1 heterocycles. The Morgan fingerprint density at radius 2 is 1.75 bits per heavy atom. The molecule has 0 atom stereocenters. The highest BCUT2D eigenvalue weighted by molar-refractivity contribution is 14.1. The molecule has 0 aromatic rings. The van der Waals surface area contributed by atoms with Crippen LogP contribution in [0.2, 0.25) is 0 Å². The van der Waals surface area contributed by atoms with Gasteiger partial charge < -0.3 is 17.3 Å². The van der Waals surface area contributed by atoms with Gasteiger partial charge in [-0.05, 0) is 20.3 Å². The van der Waals surface area contributed by atoms with Crippen LogP contribution in [0.1, 0.15) is 33.1 Å². The van der Waals surface area contributed by atoms with Crippen molar-refractivity contribution >= 4 is 23.0 Å². The smallest absolute Gasteiger partial charge is 0.293 e. The van der Waals surface area contributed by atoms with Crippen LogP contribution in [-0.2, 0) is 17.3 Å². The third kappa shape index (κ3) is 6.95. The summed E-state index contributed by atoms with van der Waals surface area (Å²) < 4.78 is 48.4. The van der Waals surface area contributed by atoms with E-state index in [0.29, 0.717) is 25.2 Å². The van der Waals surface area contributed by atoms with E-state index < -0.39 is 19.1 Å². The zero-order valence-electron chi connectivity index (χ0n) is 14.4. The average Bonchev–Trinajstić information content (AvgIpc) is 2.42. The van der Waals surface area contributed by atoms with Crippen molar-refractivity contribution in [2.45, 2.75) is 63.4 Å². The van der Waals surface area contributed by atoms with Crippen molar-refractivity contribution in [1.82, 2.24) is 4.90 Å². The van der Waals surface area contributed by atoms with Crippen LogP contribution < -0.4 is 0 Å². The topological polar surface area (TPSA) is 40.2 Å². The molecule has 2 aliphatic rings. The molecule has 0 bridgehead atoms. The first kappa shape index (κ1) is 20.7. The molecule has 5 nitrogen and oxygen atoms in total. The molecular formula is C16H28F2INO4. The van der Waals surface area contributed by atoms with Crippen LogP contribution in [0, 0.1) is 0 Å². The molecule has 1 saturated heterocycles. The first-order chi connectivity index (χ1) is 11.4. The maximum atomic E-state index is 13.7. The monoisotopic (exact) mass is 463 g/mol. The third-order valence-electron chi connectivity index (χ3n) is 4.41. The second-order valence-corrected chi connectivity index (χ2v) is 7.43. The summed E-state index contributed by atoms with van der Waals surface area (Å²) in [4.78, 5) is 2.19. The highest BCUT2D eigenvalue weighted by Gasteiger charge is 2.35. The Morgan fingerprint density at radius 3 is 2.38 bits per heavy atom. The molecule has 8 heteroatoms. The van der Waals surface area contributed by atoms with E-state index in [-0.39, 0.29) is 18.8 Å². The predicted octanol–water partition coefficient (Wildman–Crippen LogP) is 3.05. The minimum atomic E-state index is -2.93. The van der Waals surface area contributed by atoms with Gasteiger partial charge >= 0.3 is 0 Å². The minimum absolute atomic E-state index is 0.0792. The number of halogens is 3. The molecule has 2 rings (SSSR count). The molecule has 0 unspecified atom stereocenters. The molecular weight excluding hydrogens is 435 g/mol. The summed E-state index contributed by atoms with van der Waals surface area (Å²) in [6, 6.07) is 0.441. The fraction of sp³-hybridized carbons (Fsp3) is 1.00. The van der Waals surface area contributed by atoms with E-state index in [9.17, 15) is 8.78 Å². The number of nitrogens with zero attached hydrogens (tertiary/aromatic N) is 1. The van der Waals surface area contributed by atoms with Crippen LogP contribution in [0.4, 0.5) is 8.78 Å². The molecule has 0 aromatic heterocycles. The van der Waals surface area contributed by atoms with E-state index in [0.717, 1.165) is 25.9 Å². The van der Waals surface area contributed by atoms with E-state index in [1.54, 1.807) is 0 Å². The van der Waals surface area contributed by atoms with Crippen LogP contribution in [-0.4, -0.2) is 74.7 Å². The highest BCUT2D eigenvalue weighted by Crippen LogP contribution is 2.27. The highest BCUT2D eigenvalue weighted by atomic mass is 127. The van der Waals surface area contributed by atoms with Crippen molar-refractivity contribution in [1.29, 1.82) is 0 Å². The van der Waals surface area contributed by atoms with Crippen molar-refractivity contribution in [3.8, 4) is 0 Å². The standard InChI is InChI=1S/C16H28F2INO4/c1-12(2)20-8-15(9-20)23-11-16(17,18)10-21-4-3-5-22-13-6-14(7-13)24-19/h12-15H,3-11H2,1-2H3. The summed E-state index contributed by atoms with van der Waals surface area (Å²) >= 11 is 1.90. The van der Waals surface area contributed by atoms with Crippen molar-refractivity contribution in [2.75, 3.05) is 39.5 Å². The Kier molecular flexibility index (Phi) is 8.55. The van der Waals surface area contributed by atoms with Gasteiger partial charge in [0.05, 0.1) is 18.3 Å². The van der Waals surface area contributed by atoms with Gasteiger partial charge in [-0.3, -0.25) is 4.90 Å². The van der Waals surface area contributed by atoms with Crippen molar-refractivity contribution in [3.63, 3.8) is 0 Å². The van der Waals surface area contributed by atoms with Gasteiger partial charge in [0.1, 0.15) is 36.2 Å². The van der Waals surface area contributed by atoms with E-state index >= 15 is 0 Å². The number of rotatable bonds is 12. The average molecular weight is 463 g/mol. The molecule has 142 valence electrons. The summed E-state index contributed by atoms with van der Waals surface area (Å²) in [5.41, 5.74) is 0. The normalized spacial score (nSPS) is 25.8. The number of likely N-dealkylation sites (tertiary alicyclic amines) is 1. The largest absolute Gasteiger partial charge is 0.378 e. The maximum Gasteiger partial charge on any atom is 0.293 e. The van der Waals surface area contributed by atoms with Gasteiger partial charge in [-0.2, -0.15) is 0 Å². The second-order valence-electron chi connectivity index (χ2n) is 6.92. The van der Waals surface area contributed by atoms with Gasteiger partial charge in [-0.25, -0.2) is 8.78 Å². The number of alkyl halides is 2. The quantitative estimate of drug-likeness (QED) is 0.329. The summed E-state index contributed by atoms with van der Waals surface area (Å²) in [5.74, 6) is -2.93. The zero-order valence-corrected chi connectivity index (χ0v) is 16.5. The second kappa shape index (κ2) is 9.91. The summed E-state index contributed by atoms with van der Waals surface area (Å²) in [6.45, 7) is 5.29. The Bertz CT molecular complexity index is 364. The lowest BCUT2D eigenvalue weighted by atomic mass is 9.92. The predicted molar refractivity (Wildman–Crippen MR) is 94.7 cm³/mol. The van der Waals surface area contributed by atoms with Crippen molar-refractivity contribution in [3.05, 3.63) is 0 Å². The molecule has 2 fully saturated rings. The number of hydrogen-bond donors (Lipinski definition) is 0. The molecule has 0 radical (unpaired) electrons. The first-order valence-corrected chi connectivity index (χ1v) is 9.48. The lowest BCUT2D eigenvalue weighted by Gasteiger charge is -2.42. The van der Waals surface area contributed by atoms with E-state index in [2.05, 4.69) is 18.7 Å². The molecule has 0 N–H and O–H groups in total. The van der Waals surface area contributed by atoms with Gasteiger partial charge in [0.25, 0.3) is 5.92 Å². The van der Waals surface area contributed by atoms with E-state index in [4.69, 9.17) is 17.3 Å². The van der Waals surface area contributed by atoms with E-state index in [1.165, 1.54) is 0 Å². The van der Waals surface area contributed by atoms with Crippen LogP contribution in [0.25, 0.3) is 0 Å². The molecule has 0 amide bonds. The van der Waals surface area contributed by atoms with Crippen LogP contribution >= 0.6 is 23.0 Å².